The minimum absolute atomic E-state index is 0. The van der Waals surface area contributed by atoms with Crippen molar-refractivity contribution in [1.82, 2.24) is 4.90 Å². The molecule has 0 aliphatic rings. The van der Waals surface area contributed by atoms with Gasteiger partial charge in [0.25, 0.3) is 0 Å². The number of aliphatic hydroxyl groups is 2. The number of halogens is 1. The van der Waals surface area contributed by atoms with E-state index in [9.17, 15) is 9.90 Å². The van der Waals surface area contributed by atoms with Crippen LogP contribution in [0.3, 0.4) is 0 Å². The van der Waals surface area contributed by atoms with Crippen molar-refractivity contribution in [2.24, 2.45) is 0 Å². The molecule has 7 heteroatoms. The Morgan fingerprint density at radius 3 is 2.65 bits per heavy atom. The molecule has 0 bridgehead atoms. The molecule has 3 rings (SSSR count). The second kappa shape index (κ2) is 9.00. The van der Waals surface area contributed by atoms with Gasteiger partial charge in [-0.05, 0) is 31.3 Å². The van der Waals surface area contributed by atoms with E-state index in [4.69, 9.17) is 14.3 Å². The van der Waals surface area contributed by atoms with Crippen LogP contribution in [0, 0.1) is 0 Å². The van der Waals surface area contributed by atoms with E-state index in [1.807, 2.05) is 11.9 Å². The summed E-state index contributed by atoms with van der Waals surface area (Å²) >= 11 is 0. The Hall–Kier alpha value is -2.12. The molecule has 0 radical (unpaired) electrons. The summed E-state index contributed by atoms with van der Waals surface area (Å²) in [6, 6.07) is 12.2. The number of para-hydroxylation sites is 2. The number of benzene rings is 2. The number of ether oxygens (including phenoxy) is 1. The zero-order valence-corrected chi connectivity index (χ0v) is 15.2. The second-order valence-electron chi connectivity index (χ2n) is 6.01. The highest BCUT2D eigenvalue weighted by molar-refractivity contribution is 5.92. The van der Waals surface area contributed by atoms with E-state index in [0.29, 0.717) is 40.8 Å². The number of nitrogens with zero attached hydrogens (tertiary/aromatic N) is 1. The maximum atomic E-state index is 12.6. The Bertz CT molecular complexity index is 927. The third-order valence-corrected chi connectivity index (χ3v) is 4.00. The lowest BCUT2D eigenvalue weighted by Crippen LogP contribution is -2.34. The smallest absolute Gasteiger partial charge is 0.200 e. The lowest BCUT2D eigenvalue weighted by molar-refractivity contribution is 0.0713. The van der Waals surface area contributed by atoms with Crippen LogP contribution in [-0.2, 0) is 0 Å². The van der Waals surface area contributed by atoms with Gasteiger partial charge in [0.2, 0.25) is 5.43 Å². The minimum atomic E-state index is -0.723. The molecule has 140 valence electrons. The van der Waals surface area contributed by atoms with Crippen LogP contribution < -0.4 is 10.2 Å². The molecular weight excluding hydrogens is 358 g/mol. The predicted octanol–water partition coefficient (Wildman–Crippen LogP) is 2.03. The molecule has 0 amide bonds. The van der Waals surface area contributed by atoms with Gasteiger partial charge in [-0.15, -0.1) is 12.4 Å². The van der Waals surface area contributed by atoms with Crippen molar-refractivity contribution in [3.8, 4) is 5.75 Å². The molecule has 2 aromatic carbocycles. The van der Waals surface area contributed by atoms with E-state index in [2.05, 4.69) is 0 Å². The number of hydrogen-bond acceptors (Lipinski definition) is 6. The van der Waals surface area contributed by atoms with Crippen LogP contribution in [0.5, 0.6) is 5.75 Å². The second-order valence-corrected chi connectivity index (χ2v) is 6.01. The fraction of sp³-hybridized carbons (Fsp3) is 0.316. The topological polar surface area (TPSA) is 83.1 Å². The number of aliphatic hydroxyl groups excluding tert-OH is 2. The third kappa shape index (κ3) is 4.34. The van der Waals surface area contributed by atoms with Crippen molar-refractivity contribution in [2.45, 2.75) is 6.10 Å². The van der Waals surface area contributed by atoms with Gasteiger partial charge in [0.1, 0.15) is 18.3 Å². The highest BCUT2D eigenvalue weighted by Gasteiger charge is 2.14. The predicted molar refractivity (Wildman–Crippen MR) is 103 cm³/mol. The summed E-state index contributed by atoms with van der Waals surface area (Å²) in [6.07, 6.45) is -0.723. The number of likely N-dealkylation sites (N-methyl/N-ethyl adjacent to an activating group) is 1. The number of hydrogen-bond donors (Lipinski definition) is 2. The van der Waals surface area contributed by atoms with E-state index in [0.717, 1.165) is 0 Å². The lowest BCUT2D eigenvalue weighted by atomic mass is 10.1. The van der Waals surface area contributed by atoms with Crippen LogP contribution in [0.1, 0.15) is 0 Å². The molecule has 0 spiro atoms. The molecule has 1 atom stereocenters. The molecule has 0 saturated carbocycles. The van der Waals surface area contributed by atoms with Gasteiger partial charge in [0, 0.05) is 13.1 Å². The molecule has 0 aliphatic carbocycles. The van der Waals surface area contributed by atoms with E-state index in [1.165, 1.54) is 0 Å². The Morgan fingerprint density at radius 2 is 1.88 bits per heavy atom. The van der Waals surface area contributed by atoms with Crippen molar-refractivity contribution >= 4 is 34.3 Å². The molecule has 2 N–H and O–H groups in total. The van der Waals surface area contributed by atoms with Crippen molar-refractivity contribution < 1.29 is 19.4 Å². The van der Waals surface area contributed by atoms with Gasteiger partial charge in [-0.1, -0.05) is 18.2 Å². The van der Waals surface area contributed by atoms with Gasteiger partial charge < -0.3 is 24.3 Å². The minimum Gasteiger partial charge on any atom is -0.487 e. The first-order valence-corrected chi connectivity index (χ1v) is 8.15. The van der Waals surface area contributed by atoms with E-state index < -0.39 is 6.10 Å². The number of fused-ring (bicyclic) bond motifs is 2. The molecule has 0 saturated heterocycles. The normalized spacial score (nSPS) is 12.3. The van der Waals surface area contributed by atoms with Crippen molar-refractivity contribution in [3.05, 3.63) is 52.7 Å². The summed E-state index contributed by atoms with van der Waals surface area (Å²) < 4.78 is 11.6. The molecular formula is C19H22ClNO5. The standard InChI is InChI=1S/C19H21NO5.ClH/c1-20(9-10-21)11-13(22)12-24-17-8-4-6-15-18(23)14-5-2-3-7-16(14)25-19(15)17;/h2-8,13,21-22H,9-12H2,1H3;1H. The SMILES string of the molecule is CN(CCO)CC(O)COc1cccc2c(=O)c3ccccc3oc12.Cl. The van der Waals surface area contributed by atoms with Crippen LogP contribution in [-0.4, -0.2) is 54.6 Å². The molecule has 6 nitrogen and oxygen atoms in total. The van der Waals surface area contributed by atoms with E-state index in [-0.39, 0.29) is 31.0 Å². The van der Waals surface area contributed by atoms with E-state index in [1.54, 1.807) is 42.5 Å². The zero-order valence-electron chi connectivity index (χ0n) is 14.4. The monoisotopic (exact) mass is 379 g/mol. The molecule has 1 unspecified atom stereocenters. The first-order valence-electron chi connectivity index (χ1n) is 8.15. The maximum Gasteiger partial charge on any atom is 0.200 e. The fourth-order valence-corrected chi connectivity index (χ4v) is 2.77. The number of rotatable bonds is 7. The average Bonchev–Trinajstić information content (AvgIpc) is 2.60. The van der Waals surface area contributed by atoms with Crippen LogP contribution >= 0.6 is 12.4 Å². The third-order valence-electron chi connectivity index (χ3n) is 4.00. The molecule has 1 aromatic heterocycles. The van der Waals surface area contributed by atoms with Gasteiger partial charge in [-0.25, -0.2) is 0 Å². The molecule has 0 aliphatic heterocycles. The van der Waals surface area contributed by atoms with E-state index >= 15 is 0 Å². The lowest BCUT2D eigenvalue weighted by Gasteiger charge is -2.19. The van der Waals surface area contributed by atoms with Crippen LogP contribution in [0.15, 0.2) is 51.7 Å². The largest absolute Gasteiger partial charge is 0.487 e. The Balaban J connectivity index is 0.00000243. The Morgan fingerprint density at radius 1 is 1.15 bits per heavy atom. The van der Waals surface area contributed by atoms with Crippen molar-refractivity contribution in [1.29, 1.82) is 0 Å². The average molecular weight is 380 g/mol. The van der Waals surface area contributed by atoms with Gasteiger partial charge in [-0.3, -0.25) is 4.79 Å². The summed E-state index contributed by atoms with van der Waals surface area (Å²) in [6.45, 7) is 0.946. The van der Waals surface area contributed by atoms with Crippen LogP contribution in [0.25, 0.3) is 21.9 Å². The summed E-state index contributed by atoms with van der Waals surface area (Å²) in [4.78, 5) is 14.4. The quantitative estimate of drug-likeness (QED) is 0.611. The van der Waals surface area contributed by atoms with Gasteiger partial charge in [0.15, 0.2) is 11.3 Å². The summed E-state index contributed by atoms with van der Waals surface area (Å²) in [7, 11) is 1.81. The fourth-order valence-electron chi connectivity index (χ4n) is 2.77. The zero-order chi connectivity index (χ0) is 17.8. The summed E-state index contributed by atoms with van der Waals surface area (Å²) in [5.74, 6) is 0.421. The van der Waals surface area contributed by atoms with Crippen molar-refractivity contribution in [3.63, 3.8) is 0 Å². The summed E-state index contributed by atoms with van der Waals surface area (Å²) in [5.41, 5.74) is 0.770. The Kier molecular flexibility index (Phi) is 6.99. The first kappa shape index (κ1) is 20.2. The van der Waals surface area contributed by atoms with Crippen LogP contribution in [0.2, 0.25) is 0 Å². The summed E-state index contributed by atoms with van der Waals surface area (Å²) in [5, 5.41) is 19.9. The van der Waals surface area contributed by atoms with Crippen molar-refractivity contribution in [2.75, 3.05) is 33.4 Å². The first-order chi connectivity index (χ1) is 12.1. The van der Waals surface area contributed by atoms with Gasteiger partial charge >= 0.3 is 0 Å². The highest BCUT2D eigenvalue weighted by atomic mass is 35.5. The highest BCUT2D eigenvalue weighted by Crippen LogP contribution is 2.27. The van der Waals surface area contributed by atoms with Gasteiger partial charge in [-0.2, -0.15) is 0 Å². The van der Waals surface area contributed by atoms with Gasteiger partial charge in [0.05, 0.1) is 17.4 Å². The Labute approximate surface area is 157 Å². The molecule has 3 aromatic rings. The molecule has 1 heterocycles. The molecule has 0 fully saturated rings. The van der Waals surface area contributed by atoms with Crippen LogP contribution in [0.4, 0.5) is 0 Å². The molecule has 26 heavy (non-hydrogen) atoms. The maximum absolute atomic E-state index is 12.6.